The van der Waals surface area contributed by atoms with Crippen LogP contribution in [-0.2, 0) is 9.53 Å². The van der Waals surface area contributed by atoms with Gasteiger partial charge in [-0.05, 0) is 0 Å². The summed E-state index contributed by atoms with van der Waals surface area (Å²) in [4.78, 5) is 17.7. The highest BCUT2D eigenvalue weighted by Crippen LogP contribution is 1.95. The van der Waals surface area contributed by atoms with E-state index < -0.39 is 12.0 Å². The average molecular weight is 141 g/mol. The first-order valence-corrected chi connectivity index (χ1v) is 2.69. The zero-order chi connectivity index (χ0) is 7.56. The van der Waals surface area contributed by atoms with Crippen molar-refractivity contribution < 1.29 is 9.53 Å². The molecule has 5 nitrogen and oxygen atoms in total. The molecule has 0 saturated heterocycles. The highest BCUT2D eigenvalue weighted by molar-refractivity contribution is 6.09. The highest BCUT2D eigenvalue weighted by Gasteiger charge is 2.17. The van der Waals surface area contributed by atoms with E-state index in [0.29, 0.717) is 0 Å². The fourth-order valence-electron chi connectivity index (χ4n) is 0.575. The van der Waals surface area contributed by atoms with E-state index in [1.807, 2.05) is 0 Å². The fraction of sp³-hybridized carbons (Fsp3) is 0.400. The molecule has 2 N–H and O–H groups in total. The summed E-state index contributed by atoms with van der Waals surface area (Å²) in [6.45, 7) is 0. The van der Waals surface area contributed by atoms with Crippen molar-refractivity contribution in [2.24, 2.45) is 15.7 Å². The first-order valence-electron chi connectivity index (χ1n) is 2.69. The molecular formula is C5H7N3O2. The predicted molar refractivity (Wildman–Crippen MR) is 35.9 cm³/mol. The van der Waals surface area contributed by atoms with E-state index in [0.717, 1.165) is 0 Å². The Hall–Kier alpha value is -1.23. The summed E-state index contributed by atoms with van der Waals surface area (Å²) in [5.74, 6) is -0.423. The van der Waals surface area contributed by atoms with Crippen molar-refractivity contribution >= 4 is 18.1 Å². The molecule has 0 bridgehead atoms. The number of guanidine groups is 1. The van der Waals surface area contributed by atoms with E-state index in [-0.39, 0.29) is 5.96 Å². The van der Waals surface area contributed by atoms with Crippen LogP contribution in [0.4, 0.5) is 0 Å². The van der Waals surface area contributed by atoms with Crippen molar-refractivity contribution in [1.29, 1.82) is 0 Å². The quantitative estimate of drug-likeness (QED) is 0.505. The number of nitrogens with two attached hydrogens (primary N) is 1. The molecule has 1 aliphatic heterocycles. The van der Waals surface area contributed by atoms with Gasteiger partial charge in [-0.3, -0.25) is 4.79 Å². The van der Waals surface area contributed by atoms with Gasteiger partial charge in [0, 0.05) is 13.3 Å². The van der Waals surface area contributed by atoms with E-state index in [4.69, 9.17) is 10.5 Å². The number of amides is 1. The van der Waals surface area contributed by atoms with Crippen LogP contribution in [0.3, 0.4) is 0 Å². The number of hydrogen-bond acceptors (Lipinski definition) is 4. The highest BCUT2D eigenvalue weighted by atomic mass is 16.5. The van der Waals surface area contributed by atoms with Gasteiger partial charge in [-0.2, -0.15) is 4.99 Å². The zero-order valence-corrected chi connectivity index (χ0v) is 5.44. The summed E-state index contributed by atoms with van der Waals surface area (Å²) in [5.41, 5.74) is 5.12. The van der Waals surface area contributed by atoms with Crippen molar-refractivity contribution in [3.05, 3.63) is 0 Å². The first-order chi connectivity index (χ1) is 4.74. The Kier molecular flexibility index (Phi) is 1.77. The standard InChI is InChI=1S/C5H7N3O2/c1-10-3-2-7-5(6)8-4(3)9/h2-3H,1H3,(H2,6,8,9)/t3-/m1/s1. The van der Waals surface area contributed by atoms with Crippen molar-refractivity contribution in [3.8, 4) is 0 Å². The van der Waals surface area contributed by atoms with E-state index >= 15 is 0 Å². The van der Waals surface area contributed by atoms with Crippen LogP contribution in [0, 0.1) is 0 Å². The Morgan fingerprint density at radius 3 is 3.00 bits per heavy atom. The van der Waals surface area contributed by atoms with Gasteiger partial charge in [0.25, 0.3) is 5.91 Å². The number of hydrogen-bond donors (Lipinski definition) is 1. The number of carbonyl (C=O) groups excluding carboxylic acids is 1. The molecule has 0 aliphatic carbocycles. The van der Waals surface area contributed by atoms with E-state index in [9.17, 15) is 4.79 Å². The Labute approximate surface area is 57.6 Å². The number of methoxy groups -OCH3 is 1. The molecule has 10 heavy (non-hydrogen) atoms. The number of carbonyl (C=O) groups is 1. The lowest BCUT2D eigenvalue weighted by atomic mass is 10.3. The molecule has 1 atom stereocenters. The molecule has 0 aromatic carbocycles. The maximum atomic E-state index is 10.8. The van der Waals surface area contributed by atoms with Crippen LogP contribution in [-0.4, -0.2) is 31.3 Å². The maximum Gasteiger partial charge on any atom is 0.283 e. The second-order valence-corrected chi connectivity index (χ2v) is 1.74. The third kappa shape index (κ3) is 1.19. The van der Waals surface area contributed by atoms with Crippen LogP contribution in [0.5, 0.6) is 0 Å². The van der Waals surface area contributed by atoms with Crippen LogP contribution >= 0.6 is 0 Å². The topological polar surface area (TPSA) is 77.0 Å². The average Bonchev–Trinajstić information content (AvgIpc) is 1.88. The Morgan fingerprint density at radius 2 is 2.50 bits per heavy atom. The minimum absolute atomic E-state index is 0.0155. The van der Waals surface area contributed by atoms with E-state index in [1.165, 1.54) is 13.3 Å². The lowest BCUT2D eigenvalue weighted by Gasteiger charge is -2.08. The Bertz CT molecular complexity index is 209. The molecule has 1 rings (SSSR count). The van der Waals surface area contributed by atoms with E-state index in [2.05, 4.69) is 9.98 Å². The Morgan fingerprint density at radius 1 is 1.80 bits per heavy atom. The molecular weight excluding hydrogens is 134 g/mol. The van der Waals surface area contributed by atoms with E-state index in [1.54, 1.807) is 0 Å². The number of ether oxygens (including phenoxy) is 1. The summed E-state index contributed by atoms with van der Waals surface area (Å²) >= 11 is 0. The second-order valence-electron chi connectivity index (χ2n) is 1.74. The van der Waals surface area contributed by atoms with Crippen LogP contribution in [0.15, 0.2) is 9.98 Å². The smallest absolute Gasteiger partial charge is 0.283 e. The lowest BCUT2D eigenvalue weighted by Crippen LogP contribution is -2.30. The molecule has 0 aromatic rings. The summed E-state index contributed by atoms with van der Waals surface area (Å²) in [6, 6.07) is 0. The molecule has 0 radical (unpaired) electrons. The summed E-state index contributed by atoms with van der Waals surface area (Å²) in [7, 11) is 1.41. The van der Waals surface area contributed by atoms with Gasteiger partial charge < -0.3 is 10.5 Å². The monoisotopic (exact) mass is 141 g/mol. The second kappa shape index (κ2) is 2.57. The molecule has 1 amide bonds. The third-order valence-electron chi connectivity index (χ3n) is 1.06. The van der Waals surface area contributed by atoms with Crippen LogP contribution < -0.4 is 5.73 Å². The minimum atomic E-state index is -0.660. The summed E-state index contributed by atoms with van der Waals surface area (Å²) in [6.07, 6.45) is 0.664. The molecule has 0 saturated carbocycles. The van der Waals surface area contributed by atoms with Crippen molar-refractivity contribution in [2.45, 2.75) is 6.10 Å². The summed E-state index contributed by atoms with van der Waals surface area (Å²) < 4.78 is 4.69. The predicted octanol–water partition coefficient (Wildman–Crippen LogP) is -1.07. The van der Waals surface area contributed by atoms with Gasteiger partial charge >= 0.3 is 0 Å². The van der Waals surface area contributed by atoms with Crippen molar-refractivity contribution in [1.82, 2.24) is 0 Å². The first kappa shape index (κ1) is 6.88. The molecule has 54 valence electrons. The third-order valence-corrected chi connectivity index (χ3v) is 1.06. The fourth-order valence-corrected chi connectivity index (χ4v) is 0.575. The van der Waals surface area contributed by atoms with Gasteiger partial charge in [0.1, 0.15) is 0 Å². The van der Waals surface area contributed by atoms with Crippen molar-refractivity contribution in [2.75, 3.05) is 7.11 Å². The molecule has 0 unspecified atom stereocenters. The Balaban J connectivity index is 2.74. The SMILES string of the molecule is CO[C@@H]1C=NC(N)=NC1=O. The van der Waals surface area contributed by atoms with Gasteiger partial charge in [-0.25, -0.2) is 4.99 Å². The van der Waals surface area contributed by atoms with Gasteiger partial charge in [0.05, 0.1) is 0 Å². The van der Waals surface area contributed by atoms with Crippen LogP contribution in [0.2, 0.25) is 0 Å². The van der Waals surface area contributed by atoms with Crippen molar-refractivity contribution in [3.63, 3.8) is 0 Å². The van der Waals surface area contributed by atoms with Gasteiger partial charge in [0.2, 0.25) is 5.96 Å². The number of rotatable bonds is 1. The number of aliphatic imine (C=N–C) groups is 2. The van der Waals surface area contributed by atoms with Crippen LogP contribution in [0.1, 0.15) is 0 Å². The molecule has 1 heterocycles. The van der Waals surface area contributed by atoms with Crippen LogP contribution in [0.25, 0.3) is 0 Å². The van der Waals surface area contributed by atoms with Gasteiger partial charge in [-0.15, -0.1) is 0 Å². The lowest BCUT2D eigenvalue weighted by molar-refractivity contribution is -0.123. The zero-order valence-electron chi connectivity index (χ0n) is 5.44. The largest absolute Gasteiger partial charge is 0.368 e. The number of nitrogens with zero attached hydrogens (tertiary/aromatic N) is 2. The molecule has 1 aliphatic rings. The summed E-state index contributed by atoms with van der Waals surface area (Å²) in [5, 5.41) is 0. The van der Waals surface area contributed by atoms with Gasteiger partial charge in [0.15, 0.2) is 6.10 Å². The molecule has 0 fully saturated rings. The normalized spacial score (nSPS) is 24.7. The molecule has 0 aromatic heterocycles. The minimum Gasteiger partial charge on any atom is -0.368 e. The molecule has 5 heteroatoms. The maximum absolute atomic E-state index is 10.8. The van der Waals surface area contributed by atoms with Gasteiger partial charge in [-0.1, -0.05) is 0 Å². The molecule has 0 spiro atoms.